The molecule has 1 aromatic carbocycles. The van der Waals surface area contributed by atoms with Crippen LogP contribution in [0.2, 0.25) is 0 Å². The Morgan fingerprint density at radius 1 is 1.14 bits per heavy atom. The molecular formula is C12H12N2. The smallest absolute Gasteiger partial charge is 0.0938 e. The molecule has 2 heterocycles. The molecule has 0 bridgehead atoms. The maximum atomic E-state index is 4.60. The molecule has 0 spiro atoms. The summed E-state index contributed by atoms with van der Waals surface area (Å²) >= 11 is 0. The van der Waals surface area contributed by atoms with Crippen LogP contribution in [0.1, 0.15) is 5.69 Å². The zero-order chi connectivity index (χ0) is 9.54. The van der Waals surface area contributed by atoms with Crippen molar-refractivity contribution in [3.8, 4) is 0 Å². The summed E-state index contributed by atoms with van der Waals surface area (Å²) in [6, 6.07) is 10.6. The normalized spacial score (nSPS) is 14.8. The van der Waals surface area contributed by atoms with Crippen molar-refractivity contribution in [3.63, 3.8) is 0 Å². The lowest BCUT2D eigenvalue weighted by Crippen LogP contribution is -1.94. The van der Waals surface area contributed by atoms with Crippen LogP contribution in [0.4, 0.5) is 5.69 Å². The van der Waals surface area contributed by atoms with Gasteiger partial charge in [0, 0.05) is 24.2 Å². The highest BCUT2D eigenvalue weighted by molar-refractivity contribution is 5.91. The highest BCUT2D eigenvalue weighted by Crippen LogP contribution is 2.28. The summed E-state index contributed by atoms with van der Waals surface area (Å²) in [5.74, 6) is 0. The Morgan fingerprint density at radius 3 is 2.79 bits per heavy atom. The number of aromatic nitrogens is 1. The molecule has 0 unspecified atom stereocenters. The third-order valence-electron chi connectivity index (χ3n) is 2.63. The molecule has 0 N–H and O–H groups in total. The molecule has 0 amide bonds. The summed E-state index contributed by atoms with van der Waals surface area (Å²) in [6.07, 6.45) is 0. The lowest BCUT2D eigenvalue weighted by atomic mass is 10.2. The van der Waals surface area contributed by atoms with Crippen LogP contribution < -0.4 is 4.90 Å². The molecule has 0 aliphatic carbocycles. The highest BCUT2D eigenvalue weighted by atomic mass is 15.3. The van der Waals surface area contributed by atoms with Crippen molar-refractivity contribution < 1.29 is 0 Å². The SMILES string of the molecule is Cc1ccc2cccc(N3CC3)c2n1. The molecule has 2 heteroatoms. The van der Waals surface area contributed by atoms with E-state index in [2.05, 4.69) is 40.2 Å². The first-order valence-corrected chi connectivity index (χ1v) is 4.96. The van der Waals surface area contributed by atoms with Gasteiger partial charge < -0.3 is 4.90 Å². The fourth-order valence-electron chi connectivity index (χ4n) is 1.78. The van der Waals surface area contributed by atoms with Crippen molar-refractivity contribution in [1.29, 1.82) is 0 Å². The Bertz CT molecular complexity index is 487. The van der Waals surface area contributed by atoms with Crippen LogP contribution in [0.15, 0.2) is 30.3 Å². The molecule has 2 aromatic rings. The number of rotatable bonds is 1. The van der Waals surface area contributed by atoms with Gasteiger partial charge in [0.25, 0.3) is 0 Å². The van der Waals surface area contributed by atoms with E-state index in [1.807, 2.05) is 6.92 Å². The summed E-state index contributed by atoms with van der Waals surface area (Å²) < 4.78 is 0. The summed E-state index contributed by atoms with van der Waals surface area (Å²) in [6.45, 7) is 4.39. The third kappa shape index (κ3) is 1.15. The molecule has 1 fully saturated rings. The van der Waals surface area contributed by atoms with E-state index in [1.54, 1.807) is 0 Å². The van der Waals surface area contributed by atoms with Gasteiger partial charge in [-0.3, -0.25) is 4.98 Å². The largest absolute Gasteiger partial charge is 0.366 e. The molecule has 0 radical (unpaired) electrons. The van der Waals surface area contributed by atoms with Crippen molar-refractivity contribution in [1.82, 2.24) is 4.98 Å². The van der Waals surface area contributed by atoms with Crippen LogP contribution in [-0.2, 0) is 0 Å². The van der Waals surface area contributed by atoms with Crippen molar-refractivity contribution in [2.24, 2.45) is 0 Å². The van der Waals surface area contributed by atoms with Gasteiger partial charge in [0.05, 0.1) is 11.2 Å². The Hall–Kier alpha value is -1.57. The minimum atomic E-state index is 1.09. The third-order valence-corrected chi connectivity index (χ3v) is 2.63. The van der Waals surface area contributed by atoms with Crippen molar-refractivity contribution in [3.05, 3.63) is 36.0 Å². The van der Waals surface area contributed by atoms with E-state index in [-0.39, 0.29) is 0 Å². The second-order valence-electron chi connectivity index (χ2n) is 3.79. The summed E-state index contributed by atoms with van der Waals surface area (Å²) in [4.78, 5) is 6.94. The van der Waals surface area contributed by atoms with Crippen LogP contribution in [-0.4, -0.2) is 18.1 Å². The summed E-state index contributed by atoms with van der Waals surface area (Å²) in [7, 11) is 0. The van der Waals surface area contributed by atoms with Gasteiger partial charge in [0.1, 0.15) is 0 Å². The minimum Gasteiger partial charge on any atom is -0.366 e. The maximum Gasteiger partial charge on any atom is 0.0938 e. The van der Waals surface area contributed by atoms with Gasteiger partial charge in [-0.2, -0.15) is 0 Å². The standard InChI is InChI=1S/C12H12N2/c1-9-5-6-10-3-2-4-11(12(10)13-9)14-7-8-14/h2-6H,7-8H2,1H3. The van der Waals surface area contributed by atoms with Crippen LogP contribution >= 0.6 is 0 Å². The van der Waals surface area contributed by atoms with E-state index in [4.69, 9.17) is 0 Å². The molecule has 2 nitrogen and oxygen atoms in total. The van der Waals surface area contributed by atoms with Gasteiger partial charge in [-0.15, -0.1) is 0 Å². The fraction of sp³-hybridized carbons (Fsp3) is 0.250. The first-order chi connectivity index (χ1) is 6.84. The summed E-state index contributed by atoms with van der Waals surface area (Å²) in [5, 5.41) is 1.24. The summed E-state index contributed by atoms with van der Waals surface area (Å²) in [5.41, 5.74) is 3.52. The number of aryl methyl sites for hydroxylation is 1. The lowest BCUT2D eigenvalue weighted by molar-refractivity contribution is 1.24. The van der Waals surface area contributed by atoms with Crippen LogP contribution in [0, 0.1) is 6.92 Å². The van der Waals surface area contributed by atoms with Crippen LogP contribution in [0.5, 0.6) is 0 Å². The van der Waals surface area contributed by atoms with Crippen molar-refractivity contribution in [2.75, 3.05) is 18.0 Å². The molecule has 0 saturated carbocycles. The van der Waals surface area contributed by atoms with E-state index < -0.39 is 0 Å². The number of nitrogens with zero attached hydrogens (tertiary/aromatic N) is 2. The van der Waals surface area contributed by atoms with Gasteiger partial charge >= 0.3 is 0 Å². The average Bonchev–Trinajstić information content (AvgIpc) is 3.00. The number of pyridine rings is 1. The zero-order valence-electron chi connectivity index (χ0n) is 8.20. The quantitative estimate of drug-likeness (QED) is 0.632. The van der Waals surface area contributed by atoms with Gasteiger partial charge in [-0.05, 0) is 19.1 Å². The molecule has 14 heavy (non-hydrogen) atoms. The fourth-order valence-corrected chi connectivity index (χ4v) is 1.78. The molecule has 70 valence electrons. The van der Waals surface area contributed by atoms with Gasteiger partial charge in [-0.25, -0.2) is 0 Å². The molecule has 0 atom stereocenters. The number of hydrogen-bond acceptors (Lipinski definition) is 2. The van der Waals surface area contributed by atoms with E-state index in [0.29, 0.717) is 0 Å². The van der Waals surface area contributed by atoms with Crippen LogP contribution in [0.3, 0.4) is 0 Å². The second-order valence-corrected chi connectivity index (χ2v) is 3.79. The van der Waals surface area contributed by atoms with Crippen LogP contribution in [0.25, 0.3) is 10.9 Å². The van der Waals surface area contributed by atoms with E-state index in [9.17, 15) is 0 Å². The van der Waals surface area contributed by atoms with Crippen molar-refractivity contribution in [2.45, 2.75) is 6.92 Å². The molecule has 1 aliphatic heterocycles. The zero-order valence-corrected chi connectivity index (χ0v) is 8.20. The predicted molar refractivity (Wildman–Crippen MR) is 58.7 cm³/mol. The monoisotopic (exact) mass is 184 g/mol. The van der Waals surface area contributed by atoms with Gasteiger partial charge in [0.15, 0.2) is 0 Å². The van der Waals surface area contributed by atoms with Gasteiger partial charge in [-0.1, -0.05) is 18.2 Å². The van der Waals surface area contributed by atoms with E-state index in [0.717, 1.165) is 11.2 Å². The number of hydrogen-bond donors (Lipinski definition) is 0. The Kier molecular flexibility index (Phi) is 1.51. The molecular weight excluding hydrogens is 172 g/mol. The molecule has 3 rings (SSSR count). The maximum absolute atomic E-state index is 4.60. The minimum absolute atomic E-state index is 1.09. The Morgan fingerprint density at radius 2 is 2.00 bits per heavy atom. The number of fused-ring (bicyclic) bond motifs is 1. The lowest BCUT2D eigenvalue weighted by Gasteiger charge is -2.06. The number of benzene rings is 1. The van der Waals surface area contributed by atoms with Crippen molar-refractivity contribution >= 4 is 16.6 Å². The van der Waals surface area contributed by atoms with Gasteiger partial charge in [0.2, 0.25) is 0 Å². The molecule has 1 aliphatic rings. The van der Waals surface area contributed by atoms with E-state index >= 15 is 0 Å². The first-order valence-electron chi connectivity index (χ1n) is 4.96. The highest BCUT2D eigenvalue weighted by Gasteiger charge is 2.20. The first kappa shape index (κ1) is 7.80. The molecule has 1 aromatic heterocycles. The Balaban J connectivity index is 2.32. The topological polar surface area (TPSA) is 15.9 Å². The number of anilines is 1. The number of para-hydroxylation sites is 1. The Labute approximate surface area is 83.2 Å². The molecule has 1 saturated heterocycles. The predicted octanol–water partition coefficient (Wildman–Crippen LogP) is 2.36. The van der Waals surface area contributed by atoms with E-state index in [1.165, 1.54) is 24.2 Å². The average molecular weight is 184 g/mol. The second kappa shape index (κ2) is 2.71.